The fraction of sp³-hybridized carbons (Fsp3) is 0.143. The molecule has 2 heterocycles. The van der Waals surface area contributed by atoms with Crippen molar-refractivity contribution in [1.29, 1.82) is 0 Å². The summed E-state index contributed by atoms with van der Waals surface area (Å²) in [4.78, 5) is 1.26. The zero-order valence-corrected chi connectivity index (χ0v) is 11.6. The smallest absolute Gasteiger partial charge is 0.130 e. The maximum absolute atomic E-state index is 3.77. The van der Waals surface area contributed by atoms with E-state index in [-0.39, 0.29) is 0 Å². The van der Waals surface area contributed by atoms with Crippen molar-refractivity contribution in [3.63, 3.8) is 0 Å². The fourth-order valence-electron chi connectivity index (χ4n) is 0.898. The van der Waals surface area contributed by atoms with Crippen molar-refractivity contribution in [2.24, 2.45) is 0 Å². The Balaban J connectivity index is 1.98. The Morgan fingerprint density at radius 3 is 2.86 bits per heavy atom. The van der Waals surface area contributed by atoms with Crippen LogP contribution in [0.1, 0.15) is 4.88 Å². The highest BCUT2D eigenvalue weighted by molar-refractivity contribution is 9.13. The molecule has 0 radical (unpaired) electrons. The molecule has 2 aromatic rings. The molecule has 74 valence electrons. The molecule has 0 aliphatic carbocycles. The van der Waals surface area contributed by atoms with Gasteiger partial charge < -0.3 is 5.32 Å². The Morgan fingerprint density at radius 1 is 1.43 bits per heavy atom. The summed E-state index contributed by atoms with van der Waals surface area (Å²) in [5, 5.41) is 7.98. The zero-order chi connectivity index (χ0) is 9.97. The topological polar surface area (TPSA) is 37.8 Å². The summed E-state index contributed by atoms with van der Waals surface area (Å²) in [6, 6.07) is 2.09. The number of hydrogen-bond donors (Lipinski definition) is 1. The van der Waals surface area contributed by atoms with Crippen molar-refractivity contribution in [2.45, 2.75) is 6.54 Å². The van der Waals surface area contributed by atoms with Crippen LogP contribution >= 0.6 is 54.7 Å². The number of nitrogens with one attached hydrogen (secondary N) is 1. The van der Waals surface area contributed by atoms with Gasteiger partial charge in [0.1, 0.15) is 5.00 Å². The third kappa shape index (κ3) is 2.53. The van der Waals surface area contributed by atoms with Crippen LogP contribution in [0, 0.1) is 0 Å². The lowest BCUT2D eigenvalue weighted by Gasteiger charge is -1.97. The summed E-state index contributed by atoms with van der Waals surface area (Å²) >= 11 is 9.97. The second kappa shape index (κ2) is 4.69. The molecule has 0 saturated carbocycles. The third-order valence-electron chi connectivity index (χ3n) is 1.49. The van der Waals surface area contributed by atoms with Crippen LogP contribution in [0.3, 0.4) is 0 Å². The zero-order valence-electron chi connectivity index (χ0n) is 6.83. The summed E-state index contributed by atoms with van der Waals surface area (Å²) in [7, 11) is 0. The molecule has 0 saturated heterocycles. The summed E-state index contributed by atoms with van der Waals surface area (Å²) < 4.78 is 5.99. The van der Waals surface area contributed by atoms with Crippen LogP contribution < -0.4 is 5.32 Å². The predicted octanol–water partition coefficient (Wildman–Crippen LogP) is 3.74. The number of hydrogen-bond acceptors (Lipinski definition) is 5. The quantitative estimate of drug-likeness (QED) is 0.912. The van der Waals surface area contributed by atoms with Crippen LogP contribution in [-0.2, 0) is 6.54 Å². The second-order valence-electron chi connectivity index (χ2n) is 2.47. The monoisotopic (exact) mass is 353 g/mol. The largest absolute Gasteiger partial charge is 0.369 e. The molecule has 0 aromatic carbocycles. The second-order valence-corrected chi connectivity index (χ2v) is 6.56. The van der Waals surface area contributed by atoms with Gasteiger partial charge in [0.25, 0.3) is 0 Å². The molecule has 3 nitrogen and oxygen atoms in total. The lowest BCUT2D eigenvalue weighted by atomic mass is 10.5. The van der Waals surface area contributed by atoms with Crippen LogP contribution in [0.4, 0.5) is 5.00 Å². The van der Waals surface area contributed by atoms with Crippen LogP contribution in [0.15, 0.2) is 20.5 Å². The number of rotatable bonds is 3. The van der Waals surface area contributed by atoms with E-state index in [1.165, 1.54) is 16.4 Å². The summed E-state index contributed by atoms with van der Waals surface area (Å²) in [5.41, 5.74) is 0. The van der Waals surface area contributed by atoms with Gasteiger partial charge in [-0.15, -0.1) is 16.4 Å². The average molecular weight is 355 g/mol. The van der Waals surface area contributed by atoms with Gasteiger partial charge in [0, 0.05) is 20.9 Å². The first-order valence-electron chi connectivity index (χ1n) is 3.70. The Morgan fingerprint density at radius 2 is 2.29 bits per heavy atom. The van der Waals surface area contributed by atoms with Gasteiger partial charge in [-0.3, -0.25) is 0 Å². The van der Waals surface area contributed by atoms with E-state index in [0.29, 0.717) is 0 Å². The van der Waals surface area contributed by atoms with Crippen molar-refractivity contribution >= 4 is 59.7 Å². The molecule has 7 heteroatoms. The summed E-state index contributed by atoms with van der Waals surface area (Å²) in [5.74, 6) is 0. The highest BCUT2D eigenvalue weighted by atomic mass is 79.9. The first kappa shape index (κ1) is 10.5. The normalized spacial score (nSPS) is 10.4. The highest BCUT2D eigenvalue weighted by Crippen LogP contribution is 2.32. The number of halogens is 2. The Kier molecular flexibility index (Phi) is 3.53. The molecule has 0 bridgehead atoms. The minimum atomic E-state index is 0.804. The average Bonchev–Trinajstić information content (AvgIpc) is 2.74. The van der Waals surface area contributed by atoms with Crippen LogP contribution in [0.5, 0.6) is 0 Å². The van der Waals surface area contributed by atoms with Crippen molar-refractivity contribution in [1.82, 2.24) is 9.59 Å². The minimum Gasteiger partial charge on any atom is -0.369 e. The molecule has 0 unspecified atom stereocenters. The summed E-state index contributed by atoms with van der Waals surface area (Å²) in [6.07, 6.45) is 1.72. The van der Waals surface area contributed by atoms with Crippen LogP contribution in [0.25, 0.3) is 0 Å². The van der Waals surface area contributed by atoms with E-state index in [0.717, 1.165) is 19.8 Å². The van der Waals surface area contributed by atoms with Gasteiger partial charge in [0.15, 0.2) is 0 Å². The molecule has 0 aliphatic heterocycles. The van der Waals surface area contributed by atoms with Gasteiger partial charge in [-0.1, -0.05) is 4.49 Å². The predicted molar refractivity (Wildman–Crippen MR) is 67.0 cm³/mol. The Labute approximate surface area is 106 Å². The summed E-state index contributed by atoms with van der Waals surface area (Å²) in [6.45, 7) is 0.804. The maximum atomic E-state index is 3.77. The van der Waals surface area contributed by atoms with Crippen molar-refractivity contribution < 1.29 is 0 Å². The maximum Gasteiger partial charge on any atom is 0.130 e. The van der Waals surface area contributed by atoms with Gasteiger partial charge in [-0.25, -0.2) is 0 Å². The van der Waals surface area contributed by atoms with Gasteiger partial charge >= 0.3 is 0 Å². The van der Waals surface area contributed by atoms with Crippen LogP contribution in [0.2, 0.25) is 0 Å². The van der Waals surface area contributed by atoms with Crippen LogP contribution in [-0.4, -0.2) is 9.59 Å². The molecule has 0 amide bonds. The molecule has 14 heavy (non-hydrogen) atoms. The SMILES string of the molecule is Brc1cc(CNc2cnns2)sc1Br. The van der Waals surface area contributed by atoms with E-state index in [2.05, 4.69) is 52.8 Å². The Bertz CT molecular complexity index is 393. The van der Waals surface area contributed by atoms with Crippen molar-refractivity contribution in [3.05, 3.63) is 25.4 Å². The van der Waals surface area contributed by atoms with E-state index in [9.17, 15) is 0 Å². The number of thiophene rings is 1. The first-order chi connectivity index (χ1) is 6.75. The number of nitrogens with zero attached hydrogens (tertiary/aromatic N) is 2. The molecular formula is C7H5Br2N3S2. The molecule has 2 rings (SSSR count). The lowest BCUT2D eigenvalue weighted by molar-refractivity contribution is 1.14. The van der Waals surface area contributed by atoms with E-state index >= 15 is 0 Å². The molecule has 1 N–H and O–H groups in total. The highest BCUT2D eigenvalue weighted by Gasteiger charge is 2.04. The van der Waals surface area contributed by atoms with Gasteiger partial charge in [0.05, 0.1) is 16.5 Å². The number of aromatic nitrogens is 2. The molecular weight excluding hydrogens is 350 g/mol. The van der Waals surface area contributed by atoms with E-state index in [4.69, 9.17) is 0 Å². The lowest BCUT2D eigenvalue weighted by Crippen LogP contribution is -1.94. The minimum absolute atomic E-state index is 0.804. The first-order valence-corrected chi connectivity index (χ1v) is 6.88. The fourth-order valence-corrected chi connectivity index (χ4v) is 3.43. The van der Waals surface area contributed by atoms with E-state index < -0.39 is 0 Å². The van der Waals surface area contributed by atoms with Crippen molar-refractivity contribution in [2.75, 3.05) is 5.32 Å². The molecule has 0 spiro atoms. The molecule has 0 aliphatic rings. The van der Waals surface area contributed by atoms with E-state index in [1.807, 2.05) is 0 Å². The van der Waals surface area contributed by atoms with Crippen molar-refractivity contribution in [3.8, 4) is 0 Å². The third-order valence-corrected chi connectivity index (χ3v) is 5.37. The van der Waals surface area contributed by atoms with Gasteiger partial charge in [0.2, 0.25) is 0 Å². The van der Waals surface area contributed by atoms with E-state index in [1.54, 1.807) is 17.5 Å². The van der Waals surface area contributed by atoms with Gasteiger partial charge in [-0.05, 0) is 37.9 Å². The Hall–Kier alpha value is 0.0200. The molecule has 2 aromatic heterocycles. The standard InChI is InChI=1S/C7H5Br2N3S2/c8-5-1-4(13-7(5)9)2-10-6-3-11-12-14-6/h1,3,10H,2H2. The molecule has 0 fully saturated rings. The van der Waals surface area contributed by atoms with Gasteiger partial charge in [-0.2, -0.15) is 0 Å². The molecule has 0 atom stereocenters. The number of anilines is 1.